The molecule has 0 spiro atoms. The molecule has 0 saturated carbocycles. The van der Waals surface area contributed by atoms with E-state index in [1.807, 2.05) is 6.92 Å². The van der Waals surface area contributed by atoms with Crippen molar-refractivity contribution >= 4 is 51.6 Å². The predicted octanol–water partition coefficient (Wildman–Crippen LogP) is 4.71. The van der Waals surface area contributed by atoms with Gasteiger partial charge in [0.25, 0.3) is 0 Å². The summed E-state index contributed by atoms with van der Waals surface area (Å²) in [6, 6.07) is 7.43. The van der Waals surface area contributed by atoms with Crippen LogP contribution in [0, 0.1) is 5.82 Å². The van der Waals surface area contributed by atoms with Crippen molar-refractivity contribution in [3.8, 4) is 11.5 Å². The van der Waals surface area contributed by atoms with Crippen LogP contribution >= 0.6 is 23.2 Å². The minimum atomic E-state index is -0.617. The maximum atomic E-state index is 13.4. The largest absolute Gasteiger partial charge is 0.490 e. The van der Waals surface area contributed by atoms with E-state index in [1.165, 1.54) is 24.5 Å². The van der Waals surface area contributed by atoms with Crippen molar-refractivity contribution in [2.45, 2.75) is 6.92 Å². The fourth-order valence-corrected chi connectivity index (χ4v) is 2.61. The van der Waals surface area contributed by atoms with Gasteiger partial charge < -0.3 is 14.8 Å². The van der Waals surface area contributed by atoms with Crippen molar-refractivity contribution in [1.82, 2.24) is 9.97 Å². The molecule has 0 aliphatic heterocycles. The zero-order chi connectivity index (χ0) is 19.4. The van der Waals surface area contributed by atoms with Crippen LogP contribution < -0.4 is 14.8 Å². The van der Waals surface area contributed by atoms with E-state index in [4.69, 9.17) is 32.7 Å². The minimum Gasteiger partial charge on any atom is -0.490 e. The van der Waals surface area contributed by atoms with Gasteiger partial charge in [-0.05, 0) is 31.2 Å². The van der Waals surface area contributed by atoms with Gasteiger partial charge in [0.15, 0.2) is 11.5 Å². The molecule has 0 bridgehead atoms. The first-order valence-electron chi connectivity index (χ1n) is 7.92. The number of halogens is 3. The lowest BCUT2D eigenvalue weighted by Gasteiger charge is -2.13. The van der Waals surface area contributed by atoms with Crippen LogP contribution in [0.25, 0.3) is 10.9 Å². The normalized spacial score (nSPS) is 10.7. The summed E-state index contributed by atoms with van der Waals surface area (Å²) in [5.74, 6) is -0.453. The maximum absolute atomic E-state index is 13.4. The third-order valence-corrected chi connectivity index (χ3v) is 4.02. The fourth-order valence-electron chi connectivity index (χ4n) is 2.37. The van der Waals surface area contributed by atoms with E-state index in [1.54, 1.807) is 12.1 Å². The summed E-state index contributed by atoms with van der Waals surface area (Å²) in [4.78, 5) is 20.0. The predicted molar refractivity (Wildman–Crippen MR) is 102 cm³/mol. The van der Waals surface area contributed by atoms with E-state index < -0.39 is 11.8 Å². The monoisotopic (exact) mass is 409 g/mol. The smallest absolute Gasteiger partial charge is 0.326 e. The first-order chi connectivity index (χ1) is 13.0. The molecule has 27 heavy (non-hydrogen) atoms. The third kappa shape index (κ3) is 4.37. The highest BCUT2D eigenvalue weighted by Crippen LogP contribution is 2.35. The van der Waals surface area contributed by atoms with Crippen LogP contribution in [0.5, 0.6) is 11.5 Å². The summed E-state index contributed by atoms with van der Waals surface area (Å²) in [7, 11) is 0. The molecule has 3 aromatic rings. The molecular weight excluding hydrogens is 396 g/mol. The van der Waals surface area contributed by atoms with Crippen LogP contribution in [-0.4, -0.2) is 28.4 Å². The van der Waals surface area contributed by atoms with Crippen molar-refractivity contribution in [2.24, 2.45) is 0 Å². The van der Waals surface area contributed by atoms with Crippen molar-refractivity contribution in [3.63, 3.8) is 0 Å². The molecule has 0 radical (unpaired) electrons. The first kappa shape index (κ1) is 19.1. The molecule has 0 aliphatic carbocycles. The minimum absolute atomic E-state index is 0.0197. The van der Waals surface area contributed by atoms with E-state index in [0.717, 1.165) is 0 Å². The number of alkyl halides is 1. The number of rotatable bonds is 6. The Kier molecular flexibility index (Phi) is 5.93. The van der Waals surface area contributed by atoms with E-state index in [-0.39, 0.29) is 16.7 Å². The number of anilines is 2. The molecule has 1 aromatic heterocycles. The van der Waals surface area contributed by atoms with Gasteiger partial charge >= 0.3 is 5.97 Å². The number of hydrogen-bond acceptors (Lipinski definition) is 6. The van der Waals surface area contributed by atoms with Gasteiger partial charge in [0.2, 0.25) is 0 Å². The van der Waals surface area contributed by atoms with Gasteiger partial charge in [0.1, 0.15) is 23.8 Å². The van der Waals surface area contributed by atoms with Gasteiger partial charge in [-0.25, -0.2) is 14.4 Å². The second-order valence-corrected chi connectivity index (χ2v) is 6.01. The van der Waals surface area contributed by atoms with Gasteiger partial charge in [-0.15, -0.1) is 11.6 Å². The molecule has 0 amide bonds. The number of esters is 1. The molecule has 0 aliphatic rings. The molecule has 9 heteroatoms. The second kappa shape index (κ2) is 8.37. The topological polar surface area (TPSA) is 73.3 Å². The van der Waals surface area contributed by atoms with Crippen molar-refractivity contribution in [2.75, 3.05) is 17.8 Å². The maximum Gasteiger partial charge on any atom is 0.326 e. The molecule has 6 nitrogen and oxygen atoms in total. The van der Waals surface area contributed by atoms with E-state index >= 15 is 0 Å². The van der Waals surface area contributed by atoms with Crippen molar-refractivity contribution < 1.29 is 18.7 Å². The Morgan fingerprint density at radius 1 is 1.22 bits per heavy atom. The number of ether oxygens (including phenoxy) is 2. The molecular formula is C18H14Cl2FN3O3. The molecule has 0 atom stereocenters. The summed E-state index contributed by atoms with van der Waals surface area (Å²) < 4.78 is 24.1. The molecule has 2 aromatic carbocycles. The highest BCUT2D eigenvalue weighted by Gasteiger charge is 2.15. The highest BCUT2D eigenvalue weighted by atomic mass is 35.5. The second-order valence-electron chi connectivity index (χ2n) is 5.33. The number of carbonyl (C=O) groups excluding carboxylic acids is 1. The quantitative estimate of drug-likeness (QED) is 0.361. The number of aromatic nitrogens is 2. The summed E-state index contributed by atoms with van der Waals surface area (Å²) in [6.45, 7) is 2.18. The molecule has 140 valence electrons. The van der Waals surface area contributed by atoms with Gasteiger partial charge in [-0.1, -0.05) is 11.6 Å². The standard InChI is InChI=1S/C18H14Cl2FN3O3/c1-2-26-15-7-14-11(6-16(15)27-17(25)8-19)18(23-9-22-14)24-10-3-4-13(21)12(20)5-10/h3-7,9H,2,8H2,1H3,(H,22,23,24). The Morgan fingerprint density at radius 3 is 2.74 bits per heavy atom. The van der Waals surface area contributed by atoms with Gasteiger partial charge in [0.05, 0.1) is 17.1 Å². The molecule has 0 unspecified atom stereocenters. The van der Waals surface area contributed by atoms with Crippen LogP contribution in [-0.2, 0) is 4.79 Å². The Labute approximate surface area is 164 Å². The lowest BCUT2D eigenvalue weighted by atomic mass is 10.2. The summed E-state index contributed by atoms with van der Waals surface area (Å²) in [5, 5.41) is 3.60. The number of fused-ring (bicyclic) bond motifs is 1. The summed E-state index contributed by atoms with van der Waals surface area (Å²) in [6.07, 6.45) is 1.37. The highest BCUT2D eigenvalue weighted by molar-refractivity contribution is 6.31. The zero-order valence-electron chi connectivity index (χ0n) is 14.1. The van der Waals surface area contributed by atoms with Crippen LogP contribution in [0.2, 0.25) is 5.02 Å². The van der Waals surface area contributed by atoms with Crippen LogP contribution in [0.3, 0.4) is 0 Å². The van der Waals surface area contributed by atoms with Gasteiger partial charge in [0, 0.05) is 17.1 Å². The average Bonchev–Trinajstić information content (AvgIpc) is 2.66. The van der Waals surface area contributed by atoms with Crippen LogP contribution in [0.1, 0.15) is 6.92 Å². The van der Waals surface area contributed by atoms with Gasteiger partial charge in [-0.3, -0.25) is 4.79 Å². The molecule has 1 N–H and O–H groups in total. The number of hydrogen-bond donors (Lipinski definition) is 1. The van der Waals surface area contributed by atoms with Crippen molar-refractivity contribution in [1.29, 1.82) is 0 Å². The Morgan fingerprint density at radius 2 is 2.04 bits per heavy atom. The number of benzene rings is 2. The van der Waals surface area contributed by atoms with E-state index in [0.29, 0.717) is 34.8 Å². The van der Waals surface area contributed by atoms with Crippen LogP contribution in [0.15, 0.2) is 36.7 Å². The molecule has 0 fully saturated rings. The van der Waals surface area contributed by atoms with E-state index in [2.05, 4.69) is 15.3 Å². The van der Waals surface area contributed by atoms with Gasteiger partial charge in [-0.2, -0.15) is 0 Å². The van der Waals surface area contributed by atoms with Crippen molar-refractivity contribution in [3.05, 3.63) is 47.5 Å². The lowest BCUT2D eigenvalue weighted by Crippen LogP contribution is -2.10. The zero-order valence-corrected chi connectivity index (χ0v) is 15.6. The molecule has 0 saturated heterocycles. The number of nitrogens with one attached hydrogen (secondary N) is 1. The number of nitrogens with zero attached hydrogens (tertiary/aromatic N) is 2. The number of carbonyl (C=O) groups is 1. The third-order valence-electron chi connectivity index (χ3n) is 3.52. The Bertz CT molecular complexity index is 1000. The van der Waals surface area contributed by atoms with Crippen LogP contribution in [0.4, 0.5) is 15.9 Å². The summed E-state index contributed by atoms with van der Waals surface area (Å²) in [5.41, 5.74) is 1.10. The Hall–Kier alpha value is -2.64. The molecule has 1 heterocycles. The lowest BCUT2D eigenvalue weighted by molar-refractivity contribution is -0.131. The first-order valence-corrected chi connectivity index (χ1v) is 8.83. The Balaban J connectivity index is 2.06. The molecule has 3 rings (SSSR count). The average molecular weight is 410 g/mol. The SMILES string of the molecule is CCOc1cc2ncnc(Nc3ccc(F)c(Cl)c3)c2cc1OC(=O)CCl. The van der Waals surface area contributed by atoms with E-state index in [9.17, 15) is 9.18 Å². The summed E-state index contributed by atoms with van der Waals surface area (Å²) >= 11 is 11.3. The fraction of sp³-hybridized carbons (Fsp3) is 0.167.